The molecule has 1 rings (SSSR count). The highest BCUT2D eigenvalue weighted by molar-refractivity contribution is 7.89. The fraction of sp³-hybridized carbons (Fsp3) is 0.667. The minimum absolute atomic E-state index is 0.212. The number of nitrogens with one attached hydrogen (secondary N) is 3. The number of hydrogen-bond donors (Lipinski definition) is 3. The molecular weight excluding hydrogens is 285 g/mol. The monoisotopic (exact) mass is 300 g/mol. The van der Waals surface area contributed by atoms with Gasteiger partial charge in [0.15, 0.2) is 5.03 Å². The van der Waals surface area contributed by atoms with Gasteiger partial charge in [-0.05, 0) is 6.54 Å². The Morgan fingerprint density at radius 1 is 1.42 bits per heavy atom. The third-order valence-electron chi connectivity index (χ3n) is 2.21. The van der Waals surface area contributed by atoms with Crippen molar-refractivity contribution in [3.63, 3.8) is 0 Å². The summed E-state index contributed by atoms with van der Waals surface area (Å²) in [6.07, 6.45) is -4.30. The van der Waals surface area contributed by atoms with Crippen LogP contribution in [0.4, 0.5) is 13.2 Å². The molecule has 1 heterocycles. The molecule has 0 aliphatic carbocycles. The van der Waals surface area contributed by atoms with Crippen LogP contribution in [0.25, 0.3) is 0 Å². The SMILES string of the molecule is CCNCc1cn[nH]c1S(=O)(=O)NCCC(F)(F)F. The lowest BCUT2D eigenvalue weighted by Crippen LogP contribution is -2.29. The third kappa shape index (κ3) is 5.17. The first-order chi connectivity index (χ1) is 8.76. The van der Waals surface area contributed by atoms with Gasteiger partial charge in [0.05, 0.1) is 12.6 Å². The lowest BCUT2D eigenvalue weighted by atomic mass is 10.3. The van der Waals surface area contributed by atoms with E-state index in [1.165, 1.54) is 6.20 Å². The highest BCUT2D eigenvalue weighted by Crippen LogP contribution is 2.19. The number of halogens is 3. The van der Waals surface area contributed by atoms with E-state index in [1.807, 2.05) is 11.6 Å². The summed E-state index contributed by atoms with van der Waals surface area (Å²) in [5.41, 5.74) is 0.376. The van der Waals surface area contributed by atoms with Crippen molar-refractivity contribution in [2.75, 3.05) is 13.1 Å². The molecule has 0 atom stereocenters. The van der Waals surface area contributed by atoms with Crippen LogP contribution in [0.2, 0.25) is 0 Å². The Labute approximate surface area is 108 Å². The summed E-state index contributed by atoms with van der Waals surface area (Å²) >= 11 is 0. The zero-order chi connectivity index (χ0) is 14.5. The summed E-state index contributed by atoms with van der Waals surface area (Å²) in [4.78, 5) is 0. The minimum Gasteiger partial charge on any atom is -0.313 e. The molecule has 3 N–H and O–H groups in total. The molecule has 0 radical (unpaired) electrons. The highest BCUT2D eigenvalue weighted by atomic mass is 32.2. The van der Waals surface area contributed by atoms with Crippen LogP contribution in [0.1, 0.15) is 18.9 Å². The molecule has 0 amide bonds. The van der Waals surface area contributed by atoms with Crippen LogP contribution < -0.4 is 10.0 Å². The Bertz CT molecular complexity index is 498. The first-order valence-corrected chi connectivity index (χ1v) is 7.04. The van der Waals surface area contributed by atoms with Gasteiger partial charge in [0.2, 0.25) is 0 Å². The largest absolute Gasteiger partial charge is 0.390 e. The molecule has 0 bridgehead atoms. The molecular formula is C9H15F3N4O2S. The molecule has 19 heavy (non-hydrogen) atoms. The van der Waals surface area contributed by atoms with Crippen molar-refractivity contribution in [3.05, 3.63) is 11.8 Å². The van der Waals surface area contributed by atoms with Gasteiger partial charge in [-0.2, -0.15) is 18.3 Å². The second-order valence-electron chi connectivity index (χ2n) is 3.77. The van der Waals surface area contributed by atoms with Crippen LogP contribution in [0.5, 0.6) is 0 Å². The van der Waals surface area contributed by atoms with Gasteiger partial charge in [0.1, 0.15) is 0 Å². The molecule has 0 aliphatic rings. The maximum absolute atomic E-state index is 12.0. The second kappa shape index (κ2) is 6.35. The van der Waals surface area contributed by atoms with Gasteiger partial charge >= 0.3 is 6.18 Å². The van der Waals surface area contributed by atoms with E-state index in [2.05, 4.69) is 15.5 Å². The number of sulfonamides is 1. The standard InChI is InChI=1S/C9H15F3N4O2S/c1-2-13-5-7-6-14-16-8(7)19(17,18)15-4-3-9(10,11)12/h6,13,15H,2-5H2,1H3,(H,14,16). The summed E-state index contributed by atoms with van der Waals surface area (Å²) in [5, 5.41) is 8.57. The number of hydrogen-bond acceptors (Lipinski definition) is 4. The van der Waals surface area contributed by atoms with Gasteiger partial charge in [-0.3, -0.25) is 5.10 Å². The predicted octanol–water partition coefficient (Wildman–Crippen LogP) is 0.750. The van der Waals surface area contributed by atoms with E-state index in [-0.39, 0.29) is 11.6 Å². The van der Waals surface area contributed by atoms with E-state index in [9.17, 15) is 21.6 Å². The lowest BCUT2D eigenvalue weighted by molar-refractivity contribution is -0.132. The van der Waals surface area contributed by atoms with E-state index in [1.54, 1.807) is 0 Å². The quantitative estimate of drug-likeness (QED) is 0.693. The van der Waals surface area contributed by atoms with Crippen molar-refractivity contribution in [1.29, 1.82) is 0 Å². The molecule has 0 spiro atoms. The molecule has 0 saturated heterocycles. The van der Waals surface area contributed by atoms with Crippen LogP contribution in [-0.4, -0.2) is 37.9 Å². The number of nitrogens with zero attached hydrogens (tertiary/aromatic N) is 1. The molecule has 1 aromatic rings. The van der Waals surface area contributed by atoms with Gasteiger partial charge in [-0.25, -0.2) is 13.1 Å². The molecule has 0 unspecified atom stereocenters. The topological polar surface area (TPSA) is 86.9 Å². The van der Waals surface area contributed by atoms with E-state index in [0.29, 0.717) is 12.1 Å². The van der Waals surface area contributed by atoms with E-state index in [0.717, 1.165) is 0 Å². The van der Waals surface area contributed by atoms with Crippen LogP contribution in [0, 0.1) is 0 Å². The Balaban J connectivity index is 2.69. The zero-order valence-corrected chi connectivity index (χ0v) is 11.0. The average molecular weight is 300 g/mol. The normalized spacial score (nSPS) is 12.8. The van der Waals surface area contributed by atoms with Crippen LogP contribution in [0.15, 0.2) is 11.2 Å². The van der Waals surface area contributed by atoms with Gasteiger partial charge < -0.3 is 5.32 Å². The lowest BCUT2D eigenvalue weighted by Gasteiger charge is -2.09. The maximum atomic E-state index is 12.0. The number of aromatic amines is 1. The first-order valence-electron chi connectivity index (χ1n) is 5.55. The molecule has 10 heteroatoms. The molecule has 0 saturated carbocycles. The summed E-state index contributed by atoms with van der Waals surface area (Å²) in [6, 6.07) is 0. The van der Waals surface area contributed by atoms with Crippen LogP contribution in [-0.2, 0) is 16.6 Å². The molecule has 6 nitrogen and oxygen atoms in total. The Morgan fingerprint density at radius 3 is 2.68 bits per heavy atom. The smallest absolute Gasteiger partial charge is 0.313 e. The van der Waals surface area contributed by atoms with Gasteiger partial charge in [0, 0.05) is 18.7 Å². The molecule has 1 aromatic heterocycles. The minimum atomic E-state index is -4.40. The van der Waals surface area contributed by atoms with E-state index >= 15 is 0 Å². The van der Waals surface area contributed by atoms with Crippen molar-refractivity contribution < 1.29 is 21.6 Å². The zero-order valence-electron chi connectivity index (χ0n) is 10.2. The van der Waals surface area contributed by atoms with E-state index < -0.39 is 29.2 Å². The first kappa shape index (κ1) is 15.9. The second-order valence-corrected chi connectivity index (χ2v) is 5.47. The number of rotatable bonds is 7. The van der Waals surface area contributed by atoms with Crippen molar-refractivity contribution in [3.8, 4) is 0 Å². The average Bonchev–Trinajstić information content (AvgIpc) is 2.72. The Kier molecular flexibility index (Phi) is 5.32. The predicted molar refractivity (Wildman–Crippen MR) is 61.8 cm³/mol. The number of H-pyrrole nitrogens is 1. The summed E-state index contributed by atoms with van der Waals surface area (Å²) < 4.78 is 61.3. The van der Waals surface area contributed by atoms with Crippen molar-refractivity contribution >= 4 is 10.0 Å². The molecule has 110 valence electrons. The van der Waals surface area contributed by atoms with Crippen molar-refractivity contribution in [2.24, 2.45) is 0 Å². The Hall–Kier alpha value is -1.13. The van der Waals surface area contributed by atoms with Crippen molar-refractivity contribution in [2.45, 2.75) is 31.1 Å². The van der Waals surface area contributed by atoms with Gasteiger partial charge in [-0.15, -0.1) is 0 Å². The third-order valence-corrected chi connectivity index (χ3v) is 3.69. The van der Waals surface area contributed by atoms with E-state index in [4.69, 9.17) is 0 Å². The number of alkyl halides is 3. The number of aromatic nitrogens is 2. The van der Waals surface area contributed by atoms with Crippen molar-refractivity contribution in [1.82, 2.24) is 20.2 Å². The van der Waals surface area contributed by atoms with Crippen LogP contribution in [0.3, 0.4) is 0 Å². The summed E-state index contributed by atoms with van der Waals surface area (Å²) in [7, 11) is -4.01. The van der Waals surface area contributed by atoms with Crippen LogP contribution >= 0.6 is 0 Å². The fourth-order valence-corrected chi connectivity index (χ4v) is 2.47. The maximum Gasteiger partial charge on any atom is 0.390 e. The molecule has 0 aromatic carbocycles. The Morgan fingerprint density at radius 2 is 2.11 bits per heavy atom. The fourth-order valence-electron chi connectivity index (χ4n) is 1.32. The molecule has 0 aliphatic heterocycles. The summed E-state index contributed by atoms with van der Waals surface area (Å²) in [6.45, 7) is 2.04. The summed E-state index contributed by atoms with van der Waals surface area (Å²) in [5.74, 6) is 0. The highest BCUT2D eigenvalue weighted by Gasteiger charge is 2.28. The molecule has 0 fully saturated rings. The van der Waals surface area contributed by atoms with Gasteiger partial charge in [0.25, 0.3) is 10.0 Å². The van der Waals surface area contributed by atoms with Gasteiger partial charge in [-0.1, -0.05) is 6.92 Å².